The molecule has 0 aliphatic carbocycles. The molecule has 9 heteroatoms. The van der Waals surface area contributed by atoms with Crippen LogP contribution >= 0.6 is 0 Å². The molecular weight excluding hydrogens is 347 g/mol. The van der Waals surface area contributed by atoms with Gasteiger partial charge < -0.3 is 14.3 Å². The summed E-state index contributed by atoms with van der Waals surface area (Å²) in [4.78, 5) is 25.4. The Morgan fingerprint density at radius 2 is 2.04 bits per heavy atom. The lowest BCUT2D eigenvalue weighted by Gasteiger charge is -2.41. The van der Waals surface area contributed by atoms with Crippen LogP contribution in [0.25, 0.3) is 0 Å². The molecule has 0 amide bonds. The quantitative estimate of drug-likeness (QED) is 0.780. The summed E-state index contributed by atoms with van der Waals surface area (Å²) >= 11 is 0. The van der Waals surface area contributed by atoms with Gasteiger partial charge in [0.15, 0.2) is 20.2 Å². The van der Waals surface area contributed by atoms with E-state index in [4.69, 9.17) is 9.16 Å². The van der Waals surface area contributed by atoms with Gasteiger partial charge in [0.05, 0.1) is 6.61 Å². The van der Waals surface area contributed by atoms with Crippen molar-refractivity contribution in [2.45, 2.75) is 69.9 Å². The van der Waals surface area contributed by atoms with E-state index in [1.165, 1.54) is 13.1 Å². The van der Waals surface area contributed by atoms with Gasteiger partial charge >= 0.3 is 5.69 Å². The average Bonchev–Trinajstić information content (AvgIpc) is 2.69. The Kier molecular flexibility index (Phi) is 5.17. The number of H-pyrrole nitrogens is 1. The summed E-state index contributed by atoms with van der Waals surface area (Å²) in [5.41, 5.74) is -3.41. The van der Waals surface area contributed by atoms with Crippen LogP contribution in [-0.4, -0.2) is 47.5 Å². The number of nitrogens with zero attached hydrogens (tertiary/aromatic N) is 1. The second-order valence-corrected chi connectivity index (χ2v) is 12.9. The van der Waals surface area contributed by atoms with Crippen LogP contribution in [0.1, 0.15) is 33.9 Å². The van der Waals surface area contributed by atoms with Gasteiger partial charge in [0.25, 0.3) is 5.56 Å². The minimum absolute atomic E-state index is 0.157. The summed E-state index contributed by atoms with van der Waals surface area (Å²) in [5.74, 6) is 0. The van der Waals surface area contributed by atoms with Crippen molar-refractivity contribution in [2.75, 3.05) is 6.61 Å². The van der Waals surface area contributed by atoms with Gasteiger partial charge in [0.2, 0.25) is 0 Å². The Morgan fingerprint density at radius 1 is 1.44 bits per heavy atom. The Bertz CT molecular complexity index is 737. The lowest BCUT2D eigenvalue weighted by atomic mass is 9.98. The molecule has 2 rings (SSSR count). The third-order valence-corrected chi connectivity index (χ3v) is 9.65. The highest BCUT2D eigenvalue weighted by atomic mass is 28.4. The number of aliphatic hydroxyl groups excluding tert-OH is 1. The number of hydrogen-bond acceptors (Lipinski definition) is 5. The maximum absolute atomic E-state index is 15.7. The number of aliphatic hydroxyl groups is 1. The normalized spacial score (nSPS) is 30.6. The van der Waals surface area contributed by atoms with E-state index in [1.54, 1.807) is 0 Å². The molecule has 25 heavy (non-hydrogen) atoms. The number of hydrogen-bond donors (Lipinski definition) is 2. The first-order valence-corrected chi connectivity index (χ1v) is 11.2. The van der Waals surface area contributed by atoms with Crippen molar-refractivity contribution in [3.63, 3.8) is 0 Å². The molecule has 4 atom stereocenters. The van der Waals surface area contributed by atoms with Gasteiger partial charge in [-0.3, -0.25) is 14.3 Å². The molecule has 0 spiro atoms. The predicted molar refractivity (Wildman–Crippen MR) is 93.9 cm³/mol. The highest BCUT2D eigenvalue weighted by Crippen LogP contribution is 2.46. The smallest absolute Gasteiger partial charge is 0.330 e. The predicted octanol–water partition coefficient (Wildman–Crippen LogP) is 1.54. The number of aromatic nitrogens is 2. The van der Waals surface area contributed by atoms with E-state index in [0.717, 1.165) is 10.6 Å². The van der Waals surface area contributed by atoms with Gasteiger partial charge in [-0.2, -0.15) is 0 Å². The van der Waals surface area contributed by atoms with Gasteiger partial charge in [0.1, 0.15) is 12.2 Å². The van der Waals surface area contributed by atoms with Crippen molar-refractivity contribution in [3.8, 4) is 0 Å². The molecule has 1 aromatic heterocycles. The second kappa shape index (κ2) is 6.46. The Balaban J connectivity index is 2.42. The van der Waals surface area contributed by atoms with E-state index in [0.29, 0.717) is 0 Å². The Labute approximate surface area is 146 Å². The number of alkyl halides is 1. The number of halogens is 1. The van der Waals surface area contributed by atoms with Crippen molar-refractivity contribution in [1.29, 1.82) is 0 Å². The minimum Gasteiger partial charge on any atom is -0.408 e. The zero-order valence-electron chi connectivity index (χ0n) is 15.5. The van der Waals surface area contributed by atoms with Gasteiger partial charge in [-0.1, -0.05) is 20.8 Å². The molecule has 1 aromatic rings. The summed E-state index contributed by atoms with van der Waals surface area (Å²) < 4.78 is 28.5. The summed E-state index contributed by atoms with van der Waals surface area (Å²) in [7, 11) is -2.35. The van der Waals surface area contributed by atoms with E-state index in [-0.39, 0.29) is 5.04 Å². The van der Waals surface area contributed by atoms with Gasteiger partial charge in [-0.25, -0.2) is 9.18 Å². The van der Waals surface area contributed by atoms with Crippen LogP contribution in [0.3, 0.4) is 0 Å². The third kappa shape index (κ3) is 3.64. The van der Waals surface area contributed by atoms with Crippen LogP contribution in [0.15, 0.2) is 21.9 Å². The SMILES string of the molecule is CC(C)(C)[Si](C)(C)O[C@@H]1[C@@H](CO)O[C@@H](n2ccc(=O)[nH]c2=O)[C@]1(C)F. The Hall–Kier alpha value is -1.29. The van der Waals surface area contributed by atoms with Crippen molar-refractivity contribution in [1.82, 2.24) is 9.55 Å². The second-order valence-electron chi connectivity index (χ2n) is 8.18. The van der Waals surface area contributed by atoms with E-state index in [9.17, 15) is 14.7 Å². The molecule has 7 nitrogen and oxygen atoms in total. The van der Waals surface area contributed by atoms with Crippen LogP contribution in [0.5, 0.6) is 0 Å². The molecule has 0 saturated carbocycles. The summed E-state index contributed by atoms with van der Waals surface area (Å²) in [5, 5.41) is 9.49. The molecule has 1 aliphatic heterocycles. The van der Waals surface area contributed by atoms with Crippen molar-refractivity contribution in [3.05, 3.63) is 33.1 Å². The molecule has 0 radical (unpaired) electrons. The fraction of sp³-hybridized carbons (Fsp3) is 0.750. The van der Waals surface area contributed by atoms with E-state index >= 15 is 4.39 Å². The summed E-state index contributed by atoms with van der Waals surface area (Å²) in [6.07, 6.45) is -2.05. The lowest BCUT2D eigenvalue weighted by molar-refractivity contribution is -0.0611. The molecule has 1 fully saturated rings. The van der Waals surface area contributed by atoms with E-state index in [1.807, 2.05) is 33.9 Å². The molecule has 1 aliphatic rings. The maximum Gasteiger partial charge on any atom is 0.330 e. The van der Waals surface area contributed by atoms with Gasteiger partial charge in [-0.05, 0) is 25.1 Å². The van der Waals surface area contributed by atoms with Crippen LogP contribution in [0.4, 0.5) is 4.39 Å². The molecule has 2 N–H and O–H groups in total. The molecule has 0 unspecified atom stereocenters. The van der Waals surface area contributed by atoms with E-state index < -0.39 is 50.3 Å². The van der Waals surface area contributed by atoms with Crippen molar-refractivity contribution < 1.29 is 18.7 Å². The van der Waals surface area contributed by atoms with Gasteiger partial charge in [0, 0.05) is 12.3 Å². The summed E-state index contributed by atoms with van der Waals surface area (Å²) in [6, 6.07) is 1.12. The highest BCUT2D eigenvalue weighted by molar-refractivity contribution is 6.74. The fourth-order valence-corrected chi connectivity index (χ4v) is 4.02. The van der Waals surface area contributed by atoms with Crippen molar-refractivity contribution in [2.24, 2.45) is 0 Å². The van der Waals surface area contributed by atoms with Crippen LogP contribution < -0.4 is 11.2 Å². The minimum atomic E-state index is -2.35. The van der Waals surface area contributed by atoms with Crippen molar-refractivity contribution >= 4 is 8.32 Å². The molecular formula is C16H27FN2O5Si. The Morgan fingerprint density at radius 3 is 2.52 bits per heavy atom. The van der Waals surface area contributed by atoms with Crippen LogP contribution in [0.2, 0.25) is 18.1 Å². The monoisotopic (exact) mass is 374 g/mol. The molecule has 0 aromatic carbocycles. The zero-order valence-corrected chi connectivity index (χ0v) is 16.5. The zero-order chi connectivity index (χ0) is 19.2. The van der Waals surface area contributed by atoms with E-state index in [2.05, 4.69) is 4.98 Å². The number of ether oxygens (including phenoxy) is 1. The largest absolute Gasteiger partial charge is 0.408 e. The first-order valence-electron chi connectivity index (χ1n) is 8.26. The molecule has 142 valence electrons. The topological polar surface area (TPSA) is 93.5 Å². The standard InChI is InChI=1S/C16H27FN2O5Si/c1-15(2,3)25(5,6)24-12-10(9-20)23-13(16(12,4)17)19-8-7-11(21)18-14(19)22/h7-8,10,12-13,20H,9H2,1-6H3,(H,18,21,22)/t10-,12-,13-,16-/m1/s1. The fourth-order valence-electron chi connectivity index (χ4n) is 2.65. The third-order valence-electron chi connectivity index (χ3n) is 5.19. The number of rotatable bonds is 4. The number of aromatic amines is 1. The maximum atomic E-state index is 15.7. The van der Waals surface area contributed by atoms with Gasteiger partial charge in [-0.15, -0.1) is 0 Å². The average molecular weight is 374 g/mol. The highest BCUT2D eigenvalue weighted by Gasteiger charge is 2.58. The first kappa shape index (κ1) is 20.0. The van der Waals surface area contributed by atoms with Crippen LogP contribution in [-0.2, 0) is 9.16 Å². The first-order chi connectivity index (χ1) is 11.3. The number of nitrogens with one attached hydrogen (secondary N) is 1. The molecule has 2 heterocycles. The lowest BCUT2D eigenvalue weighted by Crippen LogP contribution is -2.53. The summed E-state index contributed by atoms with van der Waals surface area (Å²) in [6.45, 7) is 10.9. The molecule has 0 bridgehead atoms. The van der Waals surface area contributed by atoms with Crippen LogP contribution in [0, 0.1) is 0 Å². The molecule has 1 saturated heterocycles.